The Bertz CT molecular complexity index is 409. The van der Waals surface area contributed by atoms with Crippen molar-refractivity contribution in [2.45, 2.75) is 20.8 Å². The van der Waals surface area contributed by atoms with Crippen molar-refractivity contribution in [3.8, 4) is 0 Å². The molecule has 18 heavy (non-hydrogen) atoms. The first-order chi connectivity index (χ1) is 8.29. The number of nitrogens with zero attached hydrogens (tertiary/aromatic N) is 1. The third-order valence-corrected chi connectivity index (χ3v) is 3.12. The Morgan fingerprint density at radius 2 is 1.33 bits per heavy atom. The summed E-state index contributed by atoms with van der Waals surface area (Å²) in [6.45, 7) is 10.3. The maximum Gasteiger partial charge on any atom is 0.261 e. The Labute approximate surface area is 111 Å². The summed E-state index contributed by atoms with van der Waals surface area (Å²) in [5.74, 6) is 0. The van der Waals surface area contributed by atoms with Crippen LogP contribution in [0.5, 0.6) is 0 Å². The van der Waals surface area contributed by atoms with Gasteiger partial charge in [0.2, 0.25) is 0 Å². The van der Waals surface area contributed by atoms with E-state index in [4.69, 9.17) is 4.55 Å². The van der Waals surface area contributed by atoms with E-state index < -0.39 is 10.1 Å². The molecule has 0 radical (unpaired) electrons. The van der Waals surface area contributed by atoms with Gasteiger partial charge in [-0.2, -0.15) is 8.42 Å². The molecule has 4 nitrogen and oxygen atoms in total. The molecule has 104 valence electrons. The molecule has 0 unspecified atom stereocenters. The Hall–Kier alpha value is -0.910. The smallest absolute Gasteiger partial charge is 0.261 e. The molecule has 0 aliphatic heterocycles. The van der Waals surface area contributed by atoms with Crippen LogP contribution in [0.1, 0.15) is 20.8 Å². The topological polar surface area (TPSA) is 54.4 Å². The number of hydrogen-bond acceptors (Lipinski definition) is 2. The molecule has 1 aromatic carbocycles. The summed E-state index contributed by atoms with van der Waals surface area (Å²) >= 11 is 0. The lowest BCUT2D eigenvalue weighted by atomic mass is 10.2. The zero-order valence-electron chi connectivity index (χ0n) is 11.6. The zero-order chi connectivity index (χ0) is 14.2. The van der Waals surface area contributed by atoms with Gasteiger partial charge in [0.25, 0.3) is 10.1 Å². The number of rotatable bonds is 4. The molecule has 0 fully saturated rings. The fourth-order valence-corrected chi connectivity index (χ4v) is 1.96. The number of para-hydroxylation sites is 1. The first-order valence-corrected chi connectivity index (χ1v) is 7.98. The molecular weight excluding hydrogens is 250 g/mol. The van der Waals surface area contributed by atoms with Crippen LogP contribution in [-0.2, 0) is 10.1 Å². The van der Waals surface area contributed by atoms with Gasteiger partial charge in [-0.3, -0.25) is 9.04 Å². The molecule has 0 heterocycles. The molecule has 0 amide bonds. The summed E-state index contributed by atoms with van der Waals surface area (Å²) < 4.78 is 27.0. The van der Waals surface area contributed by atoms with Crippen molar-refractivity contribution in [3.63, 3.8) is 0 Å². The van der Waals surface area contributed by atoms with Crippen LogP contribution in [0.2, 0.25) is 0 Å². The van der Waals surface area contributed by atoms with Gasteiger partial charge in [0, 0.05) is 0 Å². The molecule has 0 saturated carbocycles. The molecule has 1 rings (SSSR count). The first kappa shape index (κ1) is 17.1. The lowest BCUT2D eigenvalue weighted by molar-refractivity contribution is 0.316. The van der Waals surface area contributed by atoms with Crippen LogP contribution in [0.4, 0.5) is 5.69 Å². The molecule has 1 aromatic rings. The minimum absolute atomic E-state index is 0.715. The highest BCUT2D eigenvalue weighted by molar-refractivity contribution is 7.85. The molecule has 5 heteroatoms. The Balaban J connectivity index is 0.000000494. The lowest BCUT2D eigenvalue weighted by Gasteiger charge is -2.35. The molecule has 0 saturated heterocycles. The highest BCUT2D eigenvalue weighted by atomic mass is 32.2. The second-order valence-corrected chi connectivity index (χ2v) is 5.63. The normalized spacial score (nSPS) is 11.6. The van der Waals surface area contributed by atoms with Gasteiger partial charge in [0.05, 0.1) is 25.9 Å². The summed E-state index contributed by atoms with van der Waals surface area (Å²) in [5, 5.41) is 0. The summed E-state index contributed by atoms with van der Waals surface area (Å²) in [7, 11) is -3.67. The van der Waals surface area contributed by atoms with Gasteiger partial charge in [0.15, 0.2) is 0 Å². The summed E-state index contributed by atoms with van der Waals surface area (Å²) in [6.07, 6.45) is 0.715. The highest BCUT2D eigenvalue weighted by Gasteiger charge is 2.23. The van der Waals surface area contributed by atoms with E-state index in [-0.39, 0.29) is 0 Å². The van der Waals surface area contributed by atoms with Crippen molar-refractivity contribution < 1.29 is 13.0 Å². The number of hydrogen-bond donors (Lipinski definition) is 1. The maximum absolute atomic E-state index is 9.19. The average molecular weight is 274 g/mol. The van der Waals surface area contributed by atoms with Crippen LogP contribution in [-0.4, -0.2) is 38.9 Å². The van der Waals surface area contributed by atoms with Crippen LogP contribution in [0.3, 0.4) is 0 Å². The van der Waals surface area contributed by atoms with Crippen molar-refractivity contribution in [1.29, 1.82) is 0 Å². The molecule has 0 bridgehead atoms. The van der Waals surface area contributed by atoms with E-state index in [1.807, 2.05) is 0 Å². The third-order valence-electron chi connectivity index (χ3n) is 3.12. The summed E-state index contributed by atoms with van der Waals surface area (Å²) in [4.78, 5) is 0. The highest BCUT2D eigenvalue weighted by Crippen LogP contribution is 2.21. The van der Waals surface area contributed by atoms with Gasteiger partial charge in [-0.25, -0.2) is 0 Å². The number of quaternary nitrogens is 1. The van der Waals surface area contributed by atoms with Crippen LogP contribution >= 0.6 is 0 Å². The van der Waals surface area contributed by atoms with Gasteiger partial charge in [-0.05, 0) is 32.9 Å². The average Bonchev–Trinajstić information content (AvgIpc) is 2.31. The molecule has 0 spiro atoms. The molecule has 0 atom stereocenters. The van der Waals surface area contributed by atoms with Gasteiger partial charge in [0.1, 0.15) is 5.69 Å². The quantitative estimate of drug-likeness (QED) is 0.678. The third kappa shape index (κ3) is 6.14. The minimum Gasteiger partial charge on any atom is -0.292 e. The second-order valence-electron chi connectivity index (χ2n) is 4.16. The lowest BCUT2D eigenvalue weighted by Crippen LogP contribution is -2.48. The van der Waals surface area contributed by atoms with Crippen molar-refractivity contribution in [1.82, 2.24) is 4.48 Å². The van der Waals surface area contributed by atoms with E-state index >= 15 is 0 Å². The van der Waals surface area contributed by atoms with Gasteiger partial charge < -0.3 is 0 Å². The zero-order valence-corrected chi connectivity index (χ0v) is 12.4. The fraction of sp³-hybridized carbons (Fsp3) is 0.538. The van der Waals surface area contributed by atoms with Gasteiger partial charge >= 0.3 is 0 Å². The van der Waals surface area contributed by atoms with Crippen molar-refractivity contribution in [2.75, 3.05) is 25.9 Å². The fourth-order valence-electron chi connectivity index (χ4n) is 1.96. The minimum atomic E-state index is -3.67. The van der Waals surface area contributed by atoms with Crippen molar-refractivity contribution >= 4 is 15.8 Å². The van der Waals surface area contributed by atoms with Crippen LogP contribution in [0.25, 0.3) is 0 Å². The van der Waals surface area contributed by atoms with E-state index in [1.165, 1.54) is 25.3 Å². The largest absolute Gasteiger partial charge is 0.292 e. The van der Waals surface area contributed by atoms with Crippen LogP contribution < -0.4 is 4.48 Å². The summed E-state index contributed by atoms with van der Waals surface area (Å²) in [6, 6.07) is 10.8. The van der Waals surface area contributed by atoms with Crippen LogP contribution in [0, 0.1) is 0 Å². The first-order valence-electron chi connectivity index (χ1n) is 6.13. The maximum atomic E-state index is 9.19. The van der Waals surface area contributed by atoms with E-state index in [0.717, 1.165) is 4.48 Å². The SMILES string of the molecule is CC[N+](CC)(CC)c1ccccc1.CS(=O)(=O)O. The van der Waals surface area contributed by atoms with E-state index in [9.17, 15) is 8.42 Å². The van der Waals surface area contributed by atoms with E-state index in [2.05, 4.69) is 51.1 Å². The Morgan fingerprint density at radius 1 is 1.00 bits per heavy atom. The molecule has 0 aromatic heterocycles. The van der Waals surface area contributed by atoms with Crippen molar-refractivity contribution in [3.05, 3.63) is 30.3 Å². The standard InChI is InChI=1S/C12H20N.CH4O3S/c1-4-13(5-2,6-3)12-10-8-7-9-11-12;1-5(2,3)4/h7-11H,4-6H2,1-3H3;1H3,(H,2,3,4)/q+1;. The Kier molecular flexibility index (Phi) is 7.13. The molecule has 1 N–H and O–H groups in total. The number of benzene rings is 1. The monoisotopic (exact) mass is 274 g/mol. The summed E-state index contributed by atoms with van der Waals surface area (Å²) in [5.41, 5.74) is 1.44. The molecular formula is C13H24NO3S+. The van der Waals surface area contributed by atoms with E-state index in [0.29, 0.717) is 6.26 Å². The second kappa shape index (κ2) is 7.51. The predicted octanol–water partition coefficient (Wildman–Crippen LogP) is 2.56. The Morgan fingerprint density at radius 3 is 1.61 bits per heavy atom. The van der Waals surface area contributed by atoms with Crippen molar-refractivity contribution in [2.24, 2.45) is 0 Å². The predicted molar refractivity (Wildman–Crippen MR) is 77.3 cm³/mol. The van der Waals surface area contributed by atoms with Crippen LogP contribution in [0.15, 0.2) is 30.3 Å². The van der Waals surface area contributed by atoms with Gasteiger partial charge in [-0.15, -0.1) is 0 Å². The van der Waals surface area contributed by atoms with E-state index in [1.54, 1.807) is 0 Å². The molecule has 0 aliphatic carbocycles. The van der Waals surface area contributed by atoms with Gasteiger partial charge in [-0.1, -0.05) is 18.2 Å². The molecule has 0 aliphatic rings.